The Labute approximate surface area is 126 Å². The highest BCUT2D eigenvalue weighted by molar-refractivity contribution is 7.11. The molecular weight excluding hydrogens is 270 g/mol. The van der Waals surface area contributed by atoms with Crippen LogP contribution < -0.4 is 5.32 Å². The smallest absolute Gasteiger partial charge is 0.0945 e. The van der Waals surface area contributed by atoms with Gasteiger partial charge in [0.15, 0.2) is 0 Å². The third kappa shape index (κ3) is 4.81. The third-order valence-electron chi connectivity index (χ3n) is 3.62. The molecule has 114 valence electrons. The Morgan fingerprint density at radius 2 is 2.10 bits per heavy atom. The molecule has 0 amide bonds. The molecule has 0 unspecified atom stereocenters. The number of thiazole rings is 1. The van der Waals surface area contributed by atoms with Crippen molar-refractivity contribution >= 4 is 11.3 Å². The SMILES string of the molecule is COCc1nc(CCN2CCCC2)sc1CNC(C)C. The molecule has 0 bridgehead atoms. The van der Waals surface area contributed by atoms with E-state index in [0.717, 1.165) is 25.2 Å². The monoisotopic (exact) mass is 297 g/mol. The summed E-state index contributed by atoms with van der Waals surface area (Å²) in [4.78, 5) is 8.64. The number of ether oxygens (including phenoxy) is 1. The lowest BCUT2D eigenvalue weighted by molar-refractivity contribution is 0.181. The van der Waals surface area contributed by atoms with Gasteiger partial charge in [0.25, 0.3) is 0 Å². The van der Waals surface area contributed by atoms with Crippen molar-refractivity contribution in [1.29, 1.82) is 0 Å². The van der Waals surface area contributed by atoms with Gasteiger partial charge in [-0.25, -0.2) is 4.98 Å². The fraction of sp³-hybridized carbons (Fsp3) is 0.800. The van der Waals surface area contributed by atoms with E-state index < -0.39 is 0 Å². The first kappa shape index (κ1) is 15.9. The van der Waals surface area contributed by atoms with E-state index in [1.807, 2.05) is 11.3 Å². The molecule has 0 aliphatic carbocycles. The number of hydrogen-bond donors (Lipinski definition) is 1. The Kier molecular flexibility index (Phi) is 6.42. The summed E-state index contributed by atoms with van der Waals surface area (Å²) in [5.74, 6) is 0. The molecule has 20 heavy (non-hydrogen) atoms. The first-order valence-corrected chi connectivity index (χ1v) is 8.43. The normalized spacial score (nSPS) is 16.4. The highest BCUT2D eigenvalue weighted by atomic mass is 32.1. The van der Waals surface area contributed by atoms with Gasteiger partial charge in [-0.05, 0) is 25.9 Å². The van der Waals surface area contributed by atoms with Gasteiger partial charge in [-0.15, -0.1) is 11.3 Å². The number of nitrogens with one attached hydrogen (secondary N) is 1. The van der Waals surface area contributed by atoms with Gasteiger partial charge in [-0.3, -0.25) is 0 Å². The molecule has 1 N–H and O–H groups in total. The van der Waals surface area contributed by atoms with Gasteiger partial charge in [0.1, 0.15) is 0 Å². The molecule has 1 aliphatic heterocycles. The van der Waals surface area contributed by atoms with Crippen LogP contribution in [0.2, 0.25) is 0 Å². The molecule has 4 nitrogen and oxygen atoms in total. The summed E-state index contributed by atoms with van der Waals surface area (Å²) in [5, 5.41) is 4.73. The van der Waals surface area contributed by atoms with Gasteiger partial charge in [-0.1, -0.05) is 13.8 Å². The molecule has 1 aliphatic rings. The summed E-state index contributed by atoms with van der Waals surface area (Å²) >= 11 is 1.84. The average molecular weight is 297 g/mol. The zero-order valence-electron chi connectivity index (χ0n) is 12.9. The number of nitrogens with zero attached hydrogens (tertiary/aromatic N) is 2. The van der Waals surface area contributed by atoms with Crippen LogP contribution >= 0.6 is 11.3 Å². The topological polar surface area (TPSA) is 37.4 Å². The number of hydrogen-bond acceptors (Lipinski definition) is 5. The Balaban J connectivity index is 1.92. The Hall–Kier alpha value is -0.490. The van der Waals surface area contributed by atoms with Crippen molar-refractivity contribution in [3.63, 3.8) is 0 Å². The van der Waals surface area contributed by atoms with E-state index in [0.29, 0.717) is 12.6 Å². The van der Waals surface area contributed by atoms with E-state index in [-0.39, 0.29) is 0 Å². The zero-order valence-corrected chi connectivity index (χ0v) is 13.8. The molecule has 0 atom stereocenters. The Morgan fingerprint density at radius 3 is 2.75 bits per heavy atom. The van der Waals surface area contributed by atoms with Crippen LogP contribution in [0.25, 0.3) is 0 Å². The van der Waals surface area contributed by atoms with Gasteiger partial charge >= 0.3 is 0 Å². The molecule has 0 radical (unpaired) electrons. The van der Waals surface area contributed by atoms with Crippen molar-refractivity contribution in [2.45, 2.75) is 52.3 Å². The van der Waals surface area contributed by atoms with E-state index >= 15 is 0 Å². The summed E-state index contributed by atoms with van der Waals surface area (Å²) in [6.45, 7) is 9.54. The number of aromatic nitrogens is 1. The van der Waals surface area contributed by atoms with E-state index in [4.69, 9.17) is 9.72 Å². The Morgan fingerprint density at radius 1 is 1.35 bits per heavy atom. The molecule has 0 spiro atoms. The largest absolute Gasteiger partial charge is 0.378 e. The van der Waals surface area contributed by atoms with Crippen LogP contribution in [0, 0.1) is 0 Å². The summed E-state index contributed by atoms with van der Waals surface area (Å²) < 4.78 is 5.27. The molecule has 1 fully saturated rings. The first-order chi connectivity index (χ1) is 9.69. The number of rotatable bonds is 8. The van der Waals surface area contributed by atoms with E-state index in [9.17, 15) is 0 Å². The molecule has 2 rings (SSSR count). The fourth-order valence-corrected chi connectivity index (χ4v) is 3.50. The maximum absolute atomic E-state index is 5.27. The predicted molar refractivity (Wildman–Crippen MR) is 84.2 cm³/mol. The van der Waals surface area contributed by atoms with Crippen molar-refractivity contribution in [2.24, 2.45) is 0 Å². The second kappa shape index (κ2) is 8.08. The second-order valence-corrected chi connectivity index (χ2v) is 6.91. The second-order valence-electron chi connectivity index (χ2n) is 5.74. The fourth-order valence-electron chi connectivity index (χ4n) is 2.49. The lowest BCUT2D eigenvalue weighted by Crippen LogP contribution is -2.22. The summed E-state index contributed by atoms with van der Waals surface area (Å²) in [7, 11) is 1.74. The molecular formula is C15H27N3OS. The summed E-state index contributed by atoms with van der Waals surface area (Å²) in [6, 6.07) is 0.501. The molecule has 1 aromatic rings. The predicted octanol–water partition coefficient (Wildman–Crippen LogP) is 2.43. The van der Waals surface area contributed by atoms with Crippen LogP contribution in [0.4, 0.5) is 0 Å². The average Bonchev–Trinajstić information content (AvgIpc) is 3.04. The van der Waals surface area contributed by atoms with Gasteiger partial charge in [-0.2, -0.15) is 0 Å². The Bertz CT molecular complexity index is 400. The van der Waals surface area contributed by atoms with E-state index in [2.05, 4.69) is 24.1 Å². The van der Waals surface area contributed by atoms with Crippen LogP contribution in [-0.2, 0) is 24.3 Å². The van der Waals surface area contributed by atoms with Crippen LogP contribution in [-0.4, -0.2) is 42.7 Å². The van der Waals surface area contributed by atoms with Gasteiger partial charge < -0.3 is 15.0 Å². The lowest BCUT2D eigenvalue weighted by Gasteiger charge is -2.12. The van der Waals surface area contributed by atoms with Crippen LogP contribution in [0.5, 0.6) is 0 Å². The standard InChI is InChI=1S/C15H27N3OS/c1-12(2)16-10-14-13(11-19-3)17-15(20-14)6-9-18-7-4-5-8-18/h12,16H,4-11H2,1-3H3. The van der Waals surface area contributed by atoms with E-state index in [1.54, 1.807) is 7.11 Å². The van der Waals surface area contributed by atoms with Crippen molar-refractivity contribution in [1.82, 2.24) is 15.2 Å². The molecule has 5 heteroatoms. The van der Waals surface area contributed by atoms with Gasteiger partial charge in [0, 0.05) is 37.5 Å². The minimum Gasteiger partial charge on any atom is -0.378 e. The number of likely N-dealkylation sites (tertiary alicyclic amines) is 1. The highest BCUT2D eigenvalue weighted by Crippen LogP contribution is 2.21. The molecule has 0 aromatic carbocycles. The maximum atomic E-state index is 5.27. The number of methoxy groups -OCH3 is 1. The summed E-state index contributed by atoms with van der Waals surface area (Å²) in [5.41, 5.74) is 1.11. The van der Waals surface area contributed by atoms with Crippen molar-refractivity contribution in [2.75, 3.05) is 26.7 Å². The van der Waals surface area contributed by atoms with Crippen LogP contribution in [0.3, 0.4) is 0 Å². The zero-order chi connectivity index (χ0) is 14.4. The lowest BCUT2D eigenvalue weighted by atomic mass is 10.3. The maximum Gasteiger partial charge on any atom is 0.0945 e. The van der Waals surface area contributed by atoms with Gasteiger partial charge in [0.05, 0.1) is 17.3 Å². The first-order valence-electron chi connectivity index (χ1n) is 7.61. The third-order valence-corrected chi connectivity index (χ3v) is 4.77. The highest BCUT2D eigenvalue weighted by Gasteiger charge is 2.14. The van der Waals surface area contributed by atoms with Crippen molar-refractivity contribution in [3.8, 4) is 0 Å². The molecule has 2 heterocycles. The molecule has 1 saturated heterocycles. The van der Waals surface area contributed by atoms with Crippen LogP contribution in [0.1, 0.15) is 42.3 Å². The van der Waals surface area contributed by atoms with Crippen LogP contribution in [0.15, 0.2) is 0 Å². The quantitative estimate of drug-likeness (QED) is 0.799. The van der Waals surface area contributed by atoms with E-state index in [1.165, 1.54) is 35.8 Å². The van der Waals surface area contributed by atoms with Crippen molar-refractivity contribution < 1.29 is 4.74 Å². The summed E-state index contributed by atoms with van der Waals surface area (Å²) in [6.07, 6.45) is 3.79. The van der Waals surface area contributed by atoms with Crippen molar-refractivity contribution in [3.05, 3.63) is 15.6 Å². The molecule has 0 saturated carbocycles. The van der Waals surface area contributed by atoms with Gasteiger partial charge in [0.2, 0.25) is 0 Å². The minimum absolute atomic E-state index is 0.501. The minimum atomic E-state index is 0.501. The molecule has 1 aromatic heterocycles.